The lowest BCUT2D eigenvalue weighted by atomic mass is 10.0. The molecule has 2 rings (SSSR count). The summed E-state index contributed by atoms with van der Waals surface area (Å²) in [5.41, 5.74) is 0.251. The van der Waals surface area contributed by atoms with Crippen LogP contribution in [0.5, 0.6) is 0 Å². The molecule has 1 aliphatic rings. The SMILES string of the molecule is Cc1nccc(NC2(C)CCCC2)n1. The van der Waals surface area contributed by atoms with Crippen molar-refractivity contribution in [1.82, 2.24) is 9.97 Å². The smallest absolute Gasteiger partial charge is 0.130 e. The van der Waals surface area contributed by atoms with Gasteiger partial charge in [0.05, 0.1) is 0 Å². The van der Waals surface area contributed by atoms with Gasteiger partial charge in [0, 0.05) is 11.7 Å². The Kier molecular flexibility index (Phi) is 2.40. The van der Waals surface area contributed by atoms with E-state index in [9.17, 15) is 0 Å². The van der Waals surface area contributed by atoms with Gasteiger partial charge in [0.25, 0.3) is 0 Å². The first-order valence-electron chi connectivity index (χ1n) is 5.26. The van der Waals surface area contributed by atoms with Crippen molar-refractivity contribution in [3.8, 4) is 0 Å². The summed E-state index contributed by atoms with van der Waals surface area (Å²) < 4.78 is 0. The van der Waals surface area contributed by atoms with Gasteiger partial charge in [-0.2, -0.15) is 0 Å². The van der Waals surface area contributed by atoms with E-state index in [0.717, 1.165) is 11.6 Å². The van der Waals surface area contributed by atoms with E-state index < -0.39 is 0 Å². The fraction of sp³-hybridized carbons (Fsp3) is 0.636. The number of anilines is 1. The Bertz CT molecular complexity index is 316. The van der Waals surface area contributed by atoms with E-state index in [1.165, 1.54) is 25.7 Å². The topological polar surface area (TPSA) is 37.8 Å². The summed E-state index contributed by atoms with van der Waals surface area (Å²) in [6.45, 7) is 4.19. The summed E-state index contributed by atoms with van der Waals surface area (Å²) in [7, 11) is 0. The summed E-state index contributed by atoms with van der Waals surface area (Å²) in [5, 5.41) is 3.51. The van der Waals surface area contributed by atoms with Crippen LogP contribution in [0.1, 0.15) is 38.4 Å². The molecule has 1 N–H and O–H groups in total. The van der Waals surface area contributed by atoms with Gasteiger partial charge in [-0.3, -0.25) is 0 Å². The molecule has 0 spiro atoms. The first-order valence-corrected chi connectivity index (χ1v) is 5.26. The Morgan fingerprint density at radius 1 is 1.36 bits per heavy atom. The maximum absolute atomic E-state index is 4.36. The van der Waals surface area contributed by atoms with Gasteiger partial charge in [-0.25, -0.2) is 9.97 Å². The highest BCUT2D eigenvalue weighted by atomic mass is 15.1. The number of nitrogens with zero attached hydrogens (tertiary/aromatic N) is 2. The highest BCUT2D eigenvalue weighted by Crippen LogP contribution is 2.31. The second-order valence-electron chi connectivity index (χ2n) is 4.38. The molecule has 0 radical (unpaired) electrons. The Morgan fingerprint density at radius 3 is 2.71 bits per heavy atom. The largest absolute Gasteiger partial charge is 0.365 e. The van der Waals surface area contributed by atoms with Crippen LogP contribution >= 0.6 is 0 Å². The summed E-state index contributed by atoms with van der Waals surface area (Å²) >= 11 is 0. The van der Waals surface area contributed by atoms with Gasteiger partial charge in [0.15, 0.2) is 0 Å². The first kappa shape index (κ1) is 9.44. The van der Waals surface area contributed by atoms with Crippen molar-refractivity contribution in [2.45, 2.75) is 45.1 Å². The summed E-state index contributed by atoms with van der Waals surface area (Å²) in [6.07, 6.45) is 6.95. The number of aryl methyl sites for hydroxylation is 1. The second-order valence-corrected chi connectivity index (χ2v) is 4.38. The van der Waals surface area contributed by atoms with Crippen molar-refractivity contribution >= 4 is 5.82 Å². The lowest BCUT2D eigenvalue weighted by Crippen LogP contribution is -2.31. The van der Waals surface area contributed by atoms with E-state index in [4.69, 9.17) is 0 Å². The molecule has 0 amide bonds. The van der Waals surface area contributed by atoms with Crippen LogP contribution in [0.3, 0.4) is 0 Å². The highest BCUT2D eigenvalue weighted by molar-refractivity contribution is 5.36. The molecule has 0 aromatic carbocycles. The minimum absolute atomic E-state index is 0.251. The second kappa shape index (κ2) is 3.56. The predicted octanol–water partition coefficient (Wildman–Crippen LogP) is 2.53. The summed E-state index contributed by atoms with van der Waals surface area (Å²) in [5.74, 6) is 1.79. The number of nitrogens with one attached hydrogen (secondary N) is 1. The lowest BCUT2D eigenvalue weighted by molar-refractivity contribution is 0.530. The van der Waals surface area contributed by atoms with Crippen LogP contribution in [-0.4, -0.2) is 15.5 Å². The normalized spacial score (nSPS) is 19.6. The van der Waals surface area contributed by atoms with Gasteiger partial charge < -0.3 is 5.32 Å². The molecule has 0 unspecified atom stereocenters. The molecule has 76 valence electrons. The van der Waals surface area contributed by atoms with Crippen LogP contribution < -0.4 is 5.32 Å². The molecule has 1 saturated carbocycles. The maximum Gasteiger partial charge on any atom is 0.130 e. The van der Waals surface area contributed by atoms with Crippen molar-refractivity contribution in [3.63, 3.8) is 0 Å². The van der Waals surface area contributed by atoms with E-state index in [1.807, 2.05) is 19.2 Å². The Hall–Kier alpha value is -1.12. The average Bonchev–Trinajstić information content (AvgIpc) is 2.51. The van der Waals surface area contributed by atoms with Crippen LogP contribution in [0, 0.1) is 6.92 Å². The van der Waals surface area contributed by atoms with Crippen molar-refractivity contribution in [3.05, 3.63) is 18.1 Å². The van der Waals surface area contributed by atoms with Crippen molar-refractivity contribution in [2.75, 3.05) is 5.32 Å². The molecular formula is C11H17N3. The Balaban J connectivity index is 2.10. The van der Waals surface area contributed by atoms with Crippen LogP contribution in [0.15, 0.2) is 12.3 Å². The molecule has 1 aromatic rings. The van der Waals surface area contributed by atoms with Crippen LogP contribution in [0.25, 0.3) is 0 Å². The fourth-order valence-corrected chi connectivity index (χ4v) is 2.12. The lowest BCUT2D eigenvalue weighted by Gasteiger charge is -2.25. The molecule has 3 heteroatoms. The maximum atomic E-state index is 4.36. The third kappa shape index (κ3) is 2.03. The van der Waals surface area contributed by atoms with Crippen LogP contribution in [0.4, 0.5) is 5.82 Å². The third-order valence-electron chi connectivity index (χ3n) is 2.91. The van der Waals surface area contributed by atoms with Gasteiger partial charge in [-0.15, -0.1) is 0 Å². The first-order chi connectivity index (χ1) is 6.68. The van der Waals surface area contributed by atoms with Crippen molar-refractivity contribution in [2.24, 2.45) is 0 Å². The molecule has 1 fully saturated rings. The molecule has 0 aliphatic heterocycles. The quantitative estimate of drug-likeness (QED) is 0.780. The number of hydrogen-bond donors (Lipinski definition) is 1. The van der Waals surface area contributed by atoms with Gasteiger partial charge >= 0.3 is 0 Å². The molecule has 3 nitrogen and oxygen atoms in total. The fourth-order valence-electron chi connectivity index (χ4n) is 2.12. The van der Waals surface area contributed by atoms with Crippen molar-refractivity contribution in [1.29, 1.82) is 0 Å². The van der Waals surface area contributed by atoms with Crippen LogP contribution in [0.2, 0.25) is 0 Å². The van der Waals surface area contributed by atoms with Gasteiger partial charge in [-0.05, 0) is 32.8 Å². The Labute approximate surface area is 85.0 Å². The predicted molar refractivity (Wildman–Crippen MR) is 57.3 cm³/mol. The third-order valence-corrected chi connectivity index (χ3v) is 2.91. The zero-order valence-corrected chi connectivity index (χ0v) is 8.88. The zero-order chi connectivity index (χ0) is 10.0. The Morgan fingerprint density at radius 2 is 2.07 bits per heavy atom. The number of aromatic nitrogens is 2. The standard InChI is InChI=1S/C11H17N3/c1-9-12-8-5-10(13-9)14-11(2)6-3-4-7-11/h5,8H,3-4,6-7H2,1-2H3,(H,12,13,14). The van der Waals surface area contributed by atoms with Crippen molar-refractivity contribution < 1.29 is 0 Å². The van der Waals surface area contributed by atoms with E-state index in [-0.39, 0.29) is 5.54 Å². The van der Waals surface area contributed by atoms with E-state index in [2.05, 4.69) is 22.2 Å². The minimum atomic E-state index is 0.251. The molecule has 0 saturated heterocycles. The van der Waals surface area contributed by atoms with E-state index in [0.29, 0.717) is 0 Å². The molecule has 0 atom stereocenters. The van der Waals surface area contributed by atoms with E-state index in [1.54, 1.807) is 0 Å². The van der Waals surface area contributed by atoms with E-state index >= 15 is 0 Å². The molecule has 1 aliphatic carbocycles. The van der Waals surface area contributed by atoms with Gasteiger partial charge in [0.2, 0.25) is 0 Å². The minimum Gasteiger partial charge on any atom is -0.365 e. The molecular weight excluding hydrogens is 174 g/mol. The van der Waals surface area contributed by atoms with Gasteiger partial charge in [-0.1, -0.05) is 12.8 Å². The molecule has 14 heavy (non-hydrogen) atoms. The molecule has 1 heterocycles. The van der Waals surface area contributed by atoms with Gasteiger partial charge in [0.1, 0.15) is 11.6 Å². The summed E-state index contributed by atoms with van der Waals surface area (Å²) in [6, 6.07) is 1.94. The highest BCUT2D eigenvalue weighted by Gasteiger charge is 2.28. The molecule has 1 aromatic heterocycles. The number of hydrogen-bond acceptors (Lipinski definition) is 3. The summed E-state index contributed by atoms with van der Waals surface area (Å²) in [4.78, 5) is 8.45. The molecule has 0 bridgehead atoms. The zero-order valence-electron chi connectivity index (χ0n) is 8.88. The average molecular weight is 191 g/mol. The monoisotopic (exact) mass is 191 g/mol. The van der Waals surface area contributed by atoms with Crippen LogP contribution in [-0.2, 0) is 0 Å². The number of rotatable bonds is 2.